The van der Waals surface area contributed by atoms with Gasteiger partial charge < -0.3 is 0 Å². The molecule has 5 heteroatoms. The summed E-state index contributed by atoms with van der Waals surface area (Å²) in [5, 5.41) is 9.45. The molecule has 0 N–H and O–H groups in total. The molecule has 0 spiro atoms. The van der Waals surface area contributed by atoms with Gasteiger partial charge in [-0.15, -0.1) is 0 Å². The van der Waals surface area contributed by atoms with Gasteiger partial charge in [0.2, 0.25) is 0 Å². The zero-order chi connectivity index (χ0) is 46.1. The number of hydrogen-bond acceptors (Lipinski definition) is 4. The van der Waals surface area contributed by atoms with Crippen molar-refractivity contribution in [2.45, 2.75) is 63.2 Å². The second-order valence-corrected chi connectivity index (χ2v) is 18.0. The van der Waals surface area contributed by atoms with Gasteiger partial charge >= 0.3 is 0 Å². The zero-order valence-corrected chi connectivity index (χ0v) is 38.1. The molecule has 5 nitrogen and oxygen atoms in total. The van der Waals surface area contributed by atoms with Gasteiger partial charge in [-0.1, -0.05) is 146 Å². The fourth-order valence-electron chi connectivity index (χ4n) is 9.99. The van der Waals surface area contributed by atoms with Crippen molar-refractivity contribution in [1.82, 2.24) is 15.0 Å². The molecule has 1 aliphatic carbocycles. The van der Waals surface area contributed by atoms with E-state index >= 15 is 0 Å². The molecule has 0 aliphatic heterocycles. The molecule has 0 unspecified atom stereocenters. The third-order valence-electron chi connectivity index (χ3n) is 13.6. The molecule has 1 saturated carbocycles. The molecular weight excluding hydrogens is 827 g/mol. The van der Waals surface area contributed by atoms with Crippen LogP contribution in [0.5, 0.6) is 0 Å². The van der Waals surface area contributed by atoms with E-state index in [1.54, 1.807) is 0 Å². The van der Waals surface area contributed by atoms with E-state index in [1.807, 2.05) is 60.9 Å². The van der Waals surface area contributed by atoms with Crippen molar-refractivity contribution in [2.24, 2.45) is 0 Å². The average molecular weight is 878 g/mol. The lowest BCUT2D eigenvalue weighted by molar-refractivity contribution is 0.397. The smallest absolute Gasteiger partial charge is 0.187 e. The summed E-state index contributed by atoms with van der Waals surface area (Å²) in [6.07, 6.45) is 14.1. The molecule has 0 bridgehead atoms. The van der Waals surface area contributed by atoms with Crippen LogP contribution < -0.4 is 0 Å². The van der Waals surface area contributed by atoms with Crippen LogP contribution in [0.2, 0.25) is 0 Å². The highest BCUT2D eigenvalue weighted by Gasteiger charge is 2.27. The van der Waals surface area contributed by atoms with Gasteiger partial charge in [-0.05, 0) is 155 Å². The van der Waals surface area contributed by atoms with Crippen molar-refractivity contribution in [3.8, 4) is 62.1 Å². The zero-order valence-electron chi connectivity index (χ0n) is 38.1. The SMILES string of the molecule is [C-]#[N+]c1cccc(-c2ccc(CCc3cc(CCc4ccc(-c5cccc(C#N)c5)nc4)cc(-c4ccccc4-c4cnc(-c5ccccc5)cc4C4CCC(c5ccccc5)CC4)c3)cn2)c1. The molecule has 68 heavy (non-hydrogen) atoms. The Morgan fingerprint density at radius 2 is 1.00 bits per heavy atom. The van der Waals surface area contributed by atoms with Crippen molar-refractivity contribution in [3.63, 3.8) is 0 Å². The maximum Gasteiger partial charge on any atom is 0.187 e. The second-order valence-electron chi connectivity index (χ2n) is 18.0. The molecule has 0 radical (unpaired) electrons. The van der Waals surface area contributed by atoms with E-state index in [0.29, 0.717) is 23.1 Å². The van der Waals surface area contributed by atoms with Crippen LogP contribution in [0, 0.1) is 17.9 Å². The Balaban J connectivity index is 0.978. The summed E-state index contributed by atoms with van der Waals surface area (Å²) in [7, 11) is 0. The lowest BCUT2D eigenvalue weighted by Gasteiger charge is -2.31. The quantitative estimate of drug-likeness (QED) is 0.108. The summed E-state index contributed by atoms with van der Waals surface area (Å²) in [5.74, 6) is 1.02. The Kier molecular flexibility index (Phi) is 13.2. The normalized spacial score (nSPS) is 14.4. The minimum absolute atomic E-state index is 0.428. The van der Waals surface area contributed by atoms with Crippen molar-refractivity contribution < 1.29 is 0 Å². The first-order valence-electron chi connectivity index (χ1n) is 23.8. The molecule has 0 atom stereocenters. The predicted molar refractivity (Wildman–Crippen MR) is 276 cm³/mol. The third kappa shape index (κ3) is 10.1. The van der Waals surface area contributed by atoms with Crippen LogP contribution in [-0.4, -0.2) is 15.0 Å². The first kappa shape index (κ1) is 43.6. The molecule has 3 heterocycles. The molecule has 328 valence electrons. The molecule has 3 aromatic heterocycles. The average Bonchev–Trinajstić information content (AvgIpc) is 3.42. The summed E-state index contributed by atoms with van der Waals surface area (Å²) in [4.78, 5) is 18.4. The first-order valence-corrected chi connectivity index (χ1v) is 23.8. The minimum atomic E-state index is 0.428. The number of aromatic nitrogens is 3. The largest absolute Gasteiger partial charge is 0.256 e. The summed E-state index contributed by atoms with van der Waals surface area (Å²) in [5.41, 5.74) is 19.6. The predicted octanol–water partition coefficient (Wildman–Crippen LogP) is 15.6. The Bertz CT molecular complexity index is 3120. The number of hydrogen-bond donors (Lipinski definition) is 0. The van der Waals surface area contributed by atoms with E-state index in [4.69, 9.17) is 21.5 Å². The van der Waals surface area contributed by atoms with E-state index in [9.17, 15) is 5.26 Å². The Labute approximate surface area is 400 Å². The summed E-state index contributed by atoms with van der Waals surface area (Å²) in [6.45, 7) is 7.44. The van der Waals surface area contributed by atoms with Gasteiger partial charge in [-0.2, -0.15) is 5.26 Å². The second kappa shape index (κ2) is 20.5. The fourth-order valence-corrected chi connectivity index (χ4v) is 9.99. The fraction of sp³-hybridized carbons (Fsp3) is 0.159. The number of benzene rings is 6. The van der Waals surface area contributed by atoms with Crippen molar-refractivity contribution in [2.75, 3.05) is 0 Å². The van der Waals surface area contributed by atoms with Crippen molar-refractivity contribution >= 4 is 5.69 Å². The van der Waals surface area contributed by atoms with E-state index < -0.39 is 0 Å². The van der Waals surface area contributed by atoms with Crippen LogP contribution in [0.3, 0.4) is 0 Å². The standard InChI is InChI=1S/C63H51N5/c1-65-56-19-11-18-54(38-56)62-33-27-45(42-67-62)23-25-47-34-46(24-22-44-26-32-61(66-41-44)53-17-10-12-48(37-53)40-64)35-55(36-47)57-20-8-9-21-58(57)60-43-68-63(52-15-6-3-7-16-52)39-59(60)51-30-28-50(29-31-51)49-13-4-2-5-14-49/h2-21,26-27,32-39,41-43,50-51H,22-25,28-31H2. The lowest BCUT2D eigenvalue weighted by atomic mass is 9.74. The lowest BCUT2D eigenvalue weighted by Crippen LogP contribution is -2.13. The Morgan fingerprint density at radius 1 is 0.441 bits per heavy atom. The molecule has 9 aromatic rings. The van der Waals surface area contributed by atoms with Gasteiger partial charge in [0.05, 0.1) is 35.3 Å². The number of pyridine rings is 3. The molecule has 1 aliphatic rings. The van der Waals surface area contributed by atoms with Crippen molar-refractivity contribution in [1.29, 1.82) is 5.26 Å². The summed E-state index contributed by atoms with van der Waals surface area (Å²) in [6, 6.07) is 66.1. The highest BCUT2D eigenvalue weighted by atomic mass is 14.7. The van der Waals surface area contributed by atoms with Gasteiger partial charge in [0.15, 0.2) is 5.69 Å². The molecule has 1 fully saturated rings. The number of rotatable bonds is 13. The Morgan fingerprint density at radius 3 is 1.63 bits per heavy atom. The van der Waals surface area contributed by atoms with Crippen LogP contribution in [0.1, 0.15) is 76.5 Å². The number of aryl methyl sites for hydroxylation is 4. The first-order chi connectivity index (χ1) is 33.6. The van der Waals surface area contributed by atoms with Crippen LogP contribution in [0.15, 0.2) is 201 Å². The van der Waals surface area contributed by atoms with Crippen LogP contribution >= 0.6 is 0 Å². The highest BCUT2D eigenvalue weighted by molar-refractivity contribution is 5.86. The summed E-state index contributed by atoms with van der Waals surface area (Å²) >= 11 is 0. The maximum absolute atomic E-state index is 9.45. The van der Waals surface area contributed by atoms with E-state index in [2.05, 4.69) is 151 Å². The molecular formula is C63H51N5. The third-order valence-corrected chi connectivity index (χ3v) is 13.6. The van der Waals surface area contributed by atoms with E-state index in [0.717, 1.165) is 72.3 Å². The van der Waals surface area contributed by atoms with Crippen LogP contribution in [-0.2, 0) is 25.7 Å². The van der Waals surface area contributed by atoms with Crippen LogP contribution in [0.25, 0.3) is 60.9 Å². The van der Waals surface area contributed by atoms with Gasteiger partial charge in [0.25, 0.3) is 0 Å². The Hall–Kier alpha value is -8.25. The van der Waals surface area contributed by atoms with E-state index in [1.165, 1.54) is 68.5 Å². The molecule has 10 rings (SSSR count). The topological polar surface area (TPSA) is 66.8 Å². The van der Waals surface area contributed by atoms with Gasteiger partial charge in [0, 0.05) is 35.3 Å². The van der Waals surface area contributed by atoms with Crippen molar-refractivity contribution in [3.05, 3.63) is 251 Å². The molecule has 0 saturated heterocycles. The van der Waals surface area contributed by atoms with Gasteiger partial charge in [-0.25, -0.2) is 4.85 Å². The van der Waals surface area contributed by atoms with Gasteiger partial charge in [-0.3, -0.25) is 15.0 Å². The van der Waals surface area contributed by atoms with Crippen LogP contribution in [0.4, 0.5) is 5.69 Å². The van der Waals surface area contributed by atoms with Gasteiger partial charge in [0.1, 0.15) is 0 Å². The maximum atomic E-state index is 9.45. The monoisotopic (exact) mass is 877 g/mol. The van der Waals surface area contributed by atoms with E-state index in [-0.39, 0.29) is 0 Å². The molecule has 6 aromatic carbocycles. The minimum Gasteiger partial charge on any atom is -0.256 e. The number of nitriles is 1. The highest BCUT2D eigenvalue weighted by Crippen LogP contribution is 2.45. The summed E-state index contributed by atoms with van der Waals surface area (Å²) < 4.78 is 0. The molecule has 0 amide bonds. The number of nitrogens with zero attached hydrogens (tertiary/aromatic N) is 5.